The van der Waals surface area contributed by atoms with E-state index in [4.69, 9.17) is 16.3 Å². The third-order valence-electron chi connectivity index (χ3n) is 3.82. The summed E-state index contributed by atoms with van der Waals surface area (Å²) < 4.78 is 5.33. The number of ether oxygens (including phenoxy) is 1. The molecule has 2 amide bonds. The highest BCUT2D eigenvalue weighted by molar-refractivity contribution is 6.30. The second kappa shape index (κ2) is 7.64. The van der Waals surface area contributed by atoms with E-state index >= 15 is 0 Å². The molecule has 1 aromatic carbocycles. The Balaban J connectivity index is 1.87. The Morgan fingerprint density at radius 1 is 1.43 bits per heavy atom. The molecule has 0 unspecified atom stereocenters. The summed E-state index contributed by atoms with van der Waals surface area (Å²) in [4.78, 5) is 12.0. The van der Waals surface area contributed by atoms with E-state index in [2.05, 4.69) is 16.0 Å². The topological polar surface area (TPSA) is 62.4 Å². The third kappa shape index (κ3) is 4.88. The number of benzene rings is 1. The summed E-state index contributed by atoms with van der Waals surface area (Å²) in [6, 6.07) is 6.88. The number of anilines is 1. The zero-order chi connectivity index (χ0) is 15.1. The second-order valence-electron chi connectivity index (χ2n) is 5.50. The summed E-state index contributed by atoms with van der Waals surface area (Å²) in [6.45, 7) is 3.18. The van der Waals surface area contributed by atoms with Gasteiger partial charge in [0.2, 0.25) is 0 Å². The lowest BCUT2D eigenvalue weighted by atomic mass is 9.79. The van der Waals surface area contributed by atoms with Gasteiger partial charge < -0.3 is 20.7 Å². The van der Waals surface area contributed by atoms with Crippen molar-refractivity contribution >= 4 is 23.3 Å². The normalized spacial score (nSPS) is 17.2. The maximum Gasteiger partial charge on any atom is 0.319 e. The third-order valence-corrected chi connectivity index (χ3v) is 4.06. The molecule has 6 heteroatoms. The van der Waals surface area contributed by atoms with Crippen LogP contribution in [0.2, 0.25) is 5.02 Å². The average Bonchev–Trinajstić information content (AvgIpc) is 2.47. The van der Waals surface area contributed by atoms with Crippen molar-refractivity contribution in [2.45, 2.75) is 12.8 Å². The minimum atomic E-state index is -0.216. The van der Waals surface area contributed by atoms with Crippen LogP contribution in [0, 0.1) is 5.41 Å². The van der Waals surface area contributed by atoms with Crippen LogP contribution in [0.15, 0.2) is 24.3 Å². The molecule has 1 aliphatic heterocycles. The monoisotopic (exact) mass is 311 g/mol. The van der Waals surface area contributed by atoms with Crippen molar-refractivity contribution in [3.05, 3.63) is 29.3 Å². The first-order valence-electron chi connectivity index (χ1n) is 7.14. The largest absolute Gasteiger partial charge is 0.384 e. The number of carbonyl (C=O) groups is 1. The Bertz CT molecular complexity index is 470. The average molecular weight is 312 g/mol. The van der Waals surface area contributed by atoms with Gasteiger partial charge in [-0.2, -0.15) is 0 Å². The van der Waals surface area contributed by atoms with Crippen molar-refractivity contribution < 1.29 is 9.53 Å². The van der Waals surface area contributed by atoms with Crippen LogP contribution in [-0.4, -0.2) is 39.4 Å². The molecular formula is C15H22ClN3O2. The molecule has 0 aromatic heterocycles. The van der Waals surface area contributed by atoms with E-state index in [-0.39, 0.29) is 11.4 Å². The Kier molecular flexibility index (Phi) is 5.85. The summed E-state index contributed by atoms with van der Waals surface area (Å²) in [6.07, 6.45) is 2.00. The maximum atomic E-state index is 12.0. The number of amides is 2. The Morgan fingerprint density at radius 2 is 2.19 bits per heavy atom. The van der Waals surface area contributed by atoms with Crippen LogP contribution < -0.4 is 16.0 Å². The lowest BCUT2D eigenvalue weighted by molar-refractivity contribution is 0.0558. The first-order valence-corrected chi connectivity index (χ1v) is 7.51. The van der Waals surface area contributed by atoms with Gasteiger partial charge in [-0.3, -0.25) is 0 Å². The molecule has 1 saturated heterocycles. The summed E-state index contributed by atoms with van der Waals surface area (Å²) in [5.74, 6) is 0. The molecule has 1 aromatic rings. The van der Waals surface area contributed by atoms with Crippen molar-refractivity contribution in [3.63, 3.8) is 0 Å². The van der Waals surface area contributed by atoms with Crippen LogP contribution in [-0.2, 0) is 4.74 Å². The number of hydrogen-bond acceptors (Lipinski definition) is 3. The highest BCUT2D eigenvalue weighted by Crippen LogP contribution is 2.28. The minimum absolute atomic E-state index is 0.0195. The number of nitrogens with one attached hydrogen (secondary N) is 3. The summed E-state index contributed by atoms with van der Waals surface area (Å²) in [5.41, 5.74) is 0.706. The number of carbonyl (C=O) groups excluding carboxylic acids is 1. The first-order chi connectivity index (χ1) is 10.1. The second-order valence-corrected chi connectivity index (χ2v) is 5.94. The summed E-state index contributed by atoms with van der Waals surface area (Å²) in [5, 5.41) is 9.67. The van der Waals surface area contributed by atoms with Crippen LogP contribution in [0.3, 0.4) is 0 Å². The first kappa shape index (κ1) is 16.1. The van der Waals surface area contributed by atoms with E-state index in [0.717, 1.165) is 25.9 Å². The van der Waals surface area contributed by atoms with Gasteiger partial charge in [0.25, 0.3) is 0 Å². The Morgan fingerprint density at radius 3 is 2.86 bits per heavy atom. The quantitative estimate of drug-likeness (QED) is 0.783. The van der Waals surface area contributed by atoms with E-state index < -0.39 is 0 Å². The van der Waals surface area contributed by atoms with Gasteiger partial charge in [-0.05, 0) is 44.1 Å². The van der Waals surface area contributed by atoms with Gasteiger partial charge in [-0.15, -0.1) is 0 Å². The van der Waals surface area contributed by atoms with E-state index in [1.807, 2.05) is 0 Å². The maximum absolute atomic E-state index is 12.0. The number of urea groups is 1. The molecular weight excluding hydrogens is 290 g/mol. The van der Waals surface area contributed by atoms with E-state index in [1.165, 1.54) is 0 Å². The molecule has 116 valence electrons. The van der Waals surface area contributed by atoms with E-state index in [0.29, 0.717) is 23.9 Å². The molecule has 0 spiro atoms. The van der Waals surface area contributed by atoms with Crippen LogP contribution >= 0.6 is 11.6 Å². The lowest BCUT2D eigenvalue weighted by Crippen LogP contribution is -2.47. The smallest absolute Gasteiger partial charge is 0.319 e. The van der Waals surface area contributed by atoms with Crippen molar-refractivity contribution in [2.75, 3.05) is 38.7 Å². The van der Waals surface area contributed by atoms with Gasteiger partial charge in [0, 0.05) is 29.8 Å². The van der Waals surface area contributed by atoms with Gasteiger partial charge in [0.05, 0.1) is 6.61 Å². The molecule has 0 saturated carbocycles. The molecule has 0 bridgehead atoms. The van der Waals surface area contributed by atoms with E-state index in [1.54, 1.807) is 31.4 Å². The van der Waals surface area contributed by atoms with Gasteiger partial charge in [-0.25, -0.2) is 4.79 Å². The zero-order valence-corrected chi connectivity index (χ0v) is 13.0. The standard InChI is InChI=1S/C15H22ClN3O2/c1-21-11-15(5-7-17-8-6-15)10-18-14(20)19-13-4-2-3-12(16)9-13/h2-4,9,17H,5-8,10-11H2,1H3,(H2,18,19,20). The molecule has 0 aliphatic carbocycles. The number of piperidine rings is 1. The predicted octanol–water partition coefficient (Wildman–Crippen LogP) is 2.48. The van der Waals surface area contributed by atoms with Crippen LogP contribution in [0.1, 0.15) is 12.8 Å². The Hall–Kier alpha value is -1.30. The van der Waals surface area contributed by atoms with Crippen LogP contribution in [0.5, 0.6) is 0 Å². The number of halogens is 1. The van der Waals surface area contributed by atoms with Crippen molar-refractivity contribution in [2.24, 2.45) is 5.41 Å². The number of methoxy groups -OCH3 is 1. The lowest BCUT2D eigenvalue weighted by Gasteiger charge is -2.37. The van der Waals surface area contributed by atoms with Crippen molar-refractivity contribution in [1.82, 2.24) is 10.6 Å². The van der Waals surface area contributed by atoms with Gasteiger partial charge >= 0.3 is 6.03 Å². The minimum Gasteiger partial charge on any atom is -0.384 e. The summed E-state index contributed by atoms with van der Waals surface area (Å²) in [7, 11) is 1.70. The predicted molar refractivity (Wildman–Crippen MR) is 84.9 cm³/mol. The Labute approximate surface area is 130 Å². The molecule has 1 heterocycles. The molecule has 21 heavy (non-hydrogen) atoms. The molecule has 0 atom stereocenters. The molecule has 1 fully saturated rings. The van der Waals surface area contributed by atoms with Crippen molar-refractivity contribution in [3.8, 4) is 0 Å². The molecule has 1 aliphatic rings. The van der Waals surface area contributed by atoms with Crippen LogP contribution in [0.25, 0.3) is 0 Å². The van der Waals surface area contributed by atoms with Gasteiger partial charge in [0.1, 0.15) is 0 Å². The molecule has 0 radical (unpaired) electrons. The van der Waals surface area contributed by atoms with Gasteiger partial charge in [-0.1, -0.05) is 17.7 Å². The number of hydrogen-bond donors (Lipinski definition) is 3. The van der Waals surface area contributed by atoms with Crippen LogP contribution in [0.4, 0.5) is 10.5 Å². The molecule has 3 N–H and O–H groups in total. The SMILES string of the molecule is COCC1(CNC(=O)Nc2cccc(Cl)c2)CCNCC1. The molecule has 2 rings (SSSR count). The fourth-order valence-corrected chi connectivity index (χ4v) is 2.84. The zero-order valence-electron chi connectivity index (χ0n) is 12.2. The fraction of sp³-hybridized carbons (Fsp3) is 0.533. The van der Waals surface area contributed by atoms with Gasteiger partial charge in [0.15, 0.2) is 0 Å². The molecule has 5 nitrogen and oxygen atoms in total. The van der Waals surface area contributed by atoms with Crippen molar-refractivity contribution in [1.29, 1.82) is 0 Å². The highest BCUT2D eigenvalue weighted by atomic mass is 35.5. The summed E-state index contributed by atoms with van der Waals surface area (Å²) >= 11 is 5.90. The highest BCUT2D eigenvalue weighted by Gasteiger charge is 2.32. The van der Waals surface area contributed by atoms with E-state index in [9.17, 15) is 4.79 Å². The fourth-order valence-electron chi connectivity index (χ4n) is 2.64. The number of rotatable bonds is 5.